The minimum absolute atomic E-state index is 0.602. The fraction of sp³-hybridized carbons (Fsp3) is 0.714. The van der Waals surface area contributed by atoms with Gasteiger partial charge in [0.2, 0.25) is 0 Å². The first-order valence-corrected chi connectivity index (χ1v) is 4.25. The van der Waals surface area contributed by atoms with Gasteiger partial charge in [0.1, 0.15) is 0 Å². The van der Waals surface area contributed by atoms with E-state index in [2.05, 4.69) is 18.0 Å². The Labute approximate surface area is 80.0 Å². The molecule has 1 saturated carbocycles. The molecule has 0 amide bonds. The van der Waals surface area contributed by atoms with Crippen LogP contribution in [-0.4, -0.2) is 40.7 Å². The molecule has 5 atom stereocenters. The van der Waals surface area contributed by atoms with Crippen LogP contribution in [0.15, 0.2) is 0 Å². The quantitative estimate of drug-likeness (QED) is 0.429. The first kappa shape index (κ1) is 9.22. The maximum absolute atomic E-state index is 11.8. The molecule has 1 heterocycles. The van der Waals surface area contributed by atoms with Crippen molar-refractivity contribution in [3.05, 3.63) is 0 Å². The molecule has 0 spiro atoms. The Morgan fingerprint density at radius 2 is 2.15 bits per heavy atom. The number of aliphatic hydroxyl groups is 2. The summed E-state index contributed by atoms with van der Waals surface area (Å²) in [4.78, 5) is 0. The number of rotatable bonds is 1. The number of aliphatic hydroxyl groups excluding tert-OH is 2. The molecule has 1 aliphatic heterocycles. The summed E-state index contributed by atoms with van der Waals surface area (Å²) in [6, 6.07) is -0.635. The van der Waals surface area contributed by atoms with E-state index < -0.39 is 29.7 Å². The SMILES string of the molecule is OC1[C@H]2O[C@@H](B=S)[C@H](O)[C@@]12C#CF. The molecule has 0 radical (unpaired) electrons. The zero-order valence-electron chi connectivity index (χ0n) is 6.48. The normalized spacial score (nSPS) is 51.6. The first-order valence-electron chi connectivity index (χ1n) is 3.78. The maximum atomic E-state index is 11.8. The number of hydrogen-bond acceptors (Lipinski definition) is 4. The van der Waals surface area contributed by atoms with Crippen molar-refractivity contribution >= 4 is 18.2 Å². The van der Waals surface area contributed by atoms with Crippen molar-refractivity contribution in [3.8, 4) is 12.1 Å². The molecule has 1 aliphatic carbocycles. The van der Waals surface area contributed by atoms with Gasteiger partial charge in [-0.3, -0.25) is 0 Å². The van der Waals surface area contributed by atoms with Crippen LogP contribution < -0.4 is 0 Å². The van der Waals surface area contributed by atoms with Gasteiger partial charge >= 0.3 is 79.4 Å². The molecular weight excluding hydrogens is 194 g/mol. The van der Waals surface area contributed by atoms with Crippen molar-refractivity contribution in [1.82, 2.24) is 0 Å². The van der Waals surface area contributed by atoms with Gasteiger partial charge in [0, 0.05) is 0 Å². The molecule has 1 unspecified atom stereocenters. The zero-order valence-corrected chi connectivity index (χ0v) is 7.29. The van der Waals surface area contributed by atoms with E-state index in [1.54, 1.807) is 0 Å². The molecule has 1 saturated heterocycles. The summed E-state index contributed by atoms with van der Waals surface area (Å²) < 4.78 is 17.0. The molecule has 0 bridgehead atoms. The summed E-state index contributed by atoms with van der Waals surface area (Å²) in [7, 11) is 0. The van der Waals surface area contributed by atoms with Gasteiger partial charge in [0.25, 0.3) is 0 Å². The molecule has 2 N–H and O–H groups in total. The van der Waals surface area contributed by atoms with Crippen molar-refractivity contribution in [2.75, 3.05) is 0 Å². The van der Waals surface area contributed by atoms with E-state index in [1.807, 2.05) is 0 Å². The van der Waals surface area contributed by atoms with Crippen molar-refractivity contribution in [2.45, 2.75) is 24.3 Å². The molecule has 2 rings (SSSR count). The van der Waals surface area contributed by atoms with Crippen LogP contribution in [0.5, 0.6) is 0 Å². The standard InChI is InChI=1S/C7H6BFO3S/c9-2-1-7-3(10)5(7)12-6(8-13)4(7)11/h3-6,10-11H/t3?,4-,5+,6+,7+/m0/s1. The third-order valence-corrected chi connectivity index (χ3v) is 2.91. The molecule has 2 fully saturated rings. The molecular formula is C7H6BFO3S. The summed E-state index contributed by atoms with van der Waals surface area (Å²) in [5.41, 5.74) is -1.14. The van der Waals surface area contributed by atoms with E-state index in [0.29, 0.717) is 0 Å². The van der Waals surface area contributed by atoms with Gasteiger partial charge in [0.15, 0.2) is 0 Å². The Hall–Kier alpha value is -0.345. The number of halogens is 1. The van der Waals surface area contributed by atoms with Crippen LogP contribution >= 0.6 is 12.1 Å². The van der Waals surface area contributed by atoms with Gasteiger partial charge in [-0.05, 0) is 0 Å². The predicted octanol–water partition coefficient (Wildman–Crippen LogP) is -0.820. The average Bonchev–Trinajstić information content (AvgIpc) is 2.53. The second kappa shape index (κ2) is 2.82. The van der Waals surface area contributed by atoms with Crippen LogP contribution in [0.25, 0.3) is 0 Å². The van der Waals surface area contributed by atoms with Crippen molar-refractivity contribution in [3.63, 3.8) is 0 Å². The third-order valence-electron chi connectivity index (χ3n) is 2.64. The minimum atomic E-state index is -1.14. The molecule has 0 aromatic heterocycles. The van der Waals surface area contributed by atoms with Crippen molar-refractivity contribution < 1.29 is 19.3 Å². The third kappa shape index (κ3) is 0.959. The van der Waals surface area contributed by atoms with E-state index in [-0.39, 0.29) is 0 Å². The zero-order chi connectivity index (χ0) is 9.64. The van der Waals surface area contributed by atoms with Crippen molar-refractivity contribution in [1.29, 1.82) is 0 Å². The van der Waals surface area contributed by atoms with Gasteiger partial charge in [-0.2, -0.15) is 0 Å². The Morgan fingerprint density at radius 1 is 1.46 bits per heavy atom. The second-order valence-corrected chi connectivity index (χ2v) is 3.47. The van der Waals surface area contributed by atoms with Crippen molar-refractivity contribution in [2.24, 2.45) is 5.41 Å². The first-order chi connectivity index (χ1) is 6.18. The summed E-state index contributed by atoms with van der Waals surface area (Å²) in [5.74, 6) is 2.15. The van der Waals surface area contributed by atoms with Gasteiger partial charge < -0.3 is 0 Å². The molecule has 2 aliphatic rings. The van der Waals surface area contributed by atoms with Crippen LogP contribution in [0.2, 0.25) is 0 Å². The van der Waals surface area contributed by atoms with Crippen LogP contribution in [0.1, 0.15) is 0 Å². The molecule has 13 heavy (non-hydrogen) atoms. The second-order valence-electron chi connectivity index (χ2n) is 3.20. The Kier molecular flexibility index (Phi) is 2.00. The number of fused-ring (bicyclic) bond motifs is 1. The fourth-order valence-electron chi connectivity index (χ4n) is 1.81. The average molecular weight is 200 g/mol. The molecule has 3 nitrogen and oxygen atoms in total. The van der Waals surface area contributed by atoms with Crippen LogP contribution in [0.3, 0.4) is 0 Å². The number of hydrogen-bond donors (Lipinski definition) is 2. The monoisotopic (exact) mass is 200 g/mol. The number of ether oxygens (including phenoxy) is 1. The molecule has 0 aromatic carbocycles. The van der Waals surface area contributed by atoms with Gasteiger partial charge in [0.05, 0.1) is 0 Å². The van der Waals surface area contributed by atoms with E-state index >= 15 is 0 Å². The van der Waals surface area contributed by atoms with E-state index in [0.717, 1.165) is 0 Å². The summed E-state index contributed by atoms with van der Waals surface area (Å²) in [5, 5.41) is 18.9. The van der Waals surface area contributed by atoms with E-state index in [1.165, 1.54) is 12.3 Å². The Bertz CT molecular complexity index is 315. The van der Waals surface area contributed by atoms with Crippen LogP contribution in [0.4, 0.5) is 4.39 Å². The molecule has 6 heteroatoms. The Morgan fingerprint density at radius 3 is 2.69 bits per heavy atom. The molecule has 68 valence electrons. The van der Waals surface area contributed by atoms with Gasteiger partial charge in [-0.15, -0.1) is 0 Å². The summed E-state index contributed by atoms with van der Waals surface area (Å²) in [6.07, 6.45) is -0.0870. The molecule has 0 aromatic rings. The summed E-state index contributed by atoms with van der Waals surface area (Å²) in [6.45, 7) is 0. The van der Waals surface area contributed by atoms with Crippen LogP contribution in [-0.2, 0) is 4.74 Å². The topological polar surface area (TPSA) is 49.7 Å². The predicted molar refractivity (Wildman–Crippen MR) is 45.3 cm³/mol. The van der Waals surface area contributed by atoms with Crippen LogP contribution in [0, 0.1) is 17.5 Å². The fourth-order valence-corrected chi connectivity index (χ4v) is 2.02. The van der Waals surface area contributed by atoms with Gasteiger partial charge in [-0.1, -0.05) is 0 Å². The van der Waals surface area contributed by atoms with Gasteiger partial charge in [-0.25, -0.2) is 0 Å². The van der Waals surface area contributed by atoms with E-state index in [9.17, 15) is 14.6 Å². The Balaban J connectivity index is 2.28. The van der Waals surface area contributed by atoms with E-state index in [4.69, 9.17) is 4.74 Å². The summed E-state index contributed by atoms with van der Waals surface area (Å²) >= 11 is 4.60.